The number of hydrogen-bond donors (Lipinski definition) is 2. The van der Waals surface area contributed by atoms with Gasteiger partial charge in [-0.3, -0.25) is 13.9 Å². The molecule has 2 amide bonds. The molecule has 182 valence electrons. The van der Waals surface area contributed by atoms with Crippen LogP contribution in [0.25, 0.3) is 0 Å². The van der Waals surface area contributed by atoms with Crippen LogP contribution in [-0.2, 0) is 16.4 Å². The average Bonchev–Trinajstić information content (AvgIpc) is 2.88. The molecule has 3 aromatic rings. The van der Waals surface area contributed by atoms with Gasteiger partial charge in [-0.15, -0.1) is 0 Å². The molecule has 0 bridgehead atoms. The predicted molar refractivity (Wildman–Crippen MR) is 137 cm³/mol. The van der Waals surface area contributed by atoms with Gasteiger partial charge in [0.25, 0.3) is 21.8 Å². The van der Waals surface area contributed by atoms with Gasteiger partial charge in [0.2, 0.25) is 0 Å². The second-order valence-corrected chi connectivity index (χ2v) is 10.5. The minimum absolute atomic E-state index is 0.00706. The summed E-state index contributed by atoms with van der Waals surface area (Å²) in [7, 11) is -3.76. The van der Waals surface area contributed by atoms with Crippen LogP contribution in [0.15, 0.2) is 77.7 Å². The van der Waals surface area contributed by atoms with Crippen molar-refractivity contribution >= 4 is 33.2 Å². The van der Waals surface area contributed by atoms with Crippen LogP contribution in [0.3, 0.4) is 0 Å². The molecule has 1 aliphatic rings. The molecule has 0 aromatic heterocycles. The van der Waals surface area contributed by atoms with Crippen LogP contribution >= 0.6 is 0 Å². The Morgan fingerprint density at radius 1 is 0.943 bits per heavy atom. The Bertz CT molecular complexity index is 1340. The number of amides is 2. The summed E-state index contributed by atoms with van der Waals surface area (Å²) in [6.45, 7) is 4.31. The van der Waals surface area contributed by atoms with Crippen molar-refractivity contribution in [1.29, 1.82) is 0 Å². The maximum atomic E-state index is 13.3. The zero-order valence-corrected chi connectivity index (χ0v) is 20.6. The van der Waals surface area contributed by atoms with Crippen molar-refractivity contribution < 1.29 is 18.0 Å². The fourth-order valence-corrected chi connectivity index (χ4v) is 5.58. The number of anilines is 2. The van der Waals surface area contributed by atoms with Crippen molar-refractivity contribution in [1.82, 2.24) is 5.32 Å². The second-order valence-electron chi connectivity index (χ2n) is 8.62. The number of carbonyl (C=O) groups is 2. The van der Waals surface area contributed by atoms with E-state index in [1.54, 1.807) is 24.3 Å². The molecule has 3 aromatic carbocycles. The summed E-state index contributed by atoms with van der Waals surface area (Å²) in [5.74, 6) is -0.695. The molecule has 0 radical (unpaired) electrons. The van der Waals surface area contributed by atoms with E-state index >= 15 is 0 Å². The molecule has 0 spiro atoms. The topological polar surface area (TPSA) is 95.6 Å². The van der Waals surface area contributed by atoms with E-state index in [9.17, 15) is 18.0 Å². The Balaban J connectivity index is 1.53. The fraction of sp³-hybridized carbons (Fsp3) is 0.259. The smallest absolute Gasteiger partial charge is 0.264 e. The summed E-state index contributed by atoms with van der Waals surface area (Å²) in [6, 6.07) is 20.2. The van der Waals surface area contributed by atoms with Crippen molar-refractivity contribution in [3.63, 3.8) is 0 Å². The lowest BCUT2D eigenvalue weighted by Crippen LogP contribution is -2.35. The summed E-state index contributed by atoms with van der Waals surface area (Å²) in [5, 5.41) is 5.67. The van der Waals surface area contributed by atoms with Gasteiger partial charge >= 0.3 is 0 Å². The van der Waals surface area contributed by atoms with Crippen molar-refractivity contribution in [2.24, 2.45) is 0 Å². The first-order valence-corrected chi connectivity index (χ1v) is 13.2. The van der Waals surface area contributed by atoms with Crippen molar-refractivity contribution in [3.8, 4) is 0 Å². The van der Waals surface area contributed by atoms with E-state index in [-0.39, 0.29) is 16.8 Å². The lowest BCUT2D eigenvalue weighted by atomic mass is 10.0. The number of hydrogen-bond acceptors (Lipinski definition) is 4. The lowest BCUT2D eigenvalue weighted by Gasteiger charge is -2.30. The normalized spacial score (nSPS) is 14.1. The minimum Gasteiger partial charge on any atom is -0.350 e. The van der Waals surface area contributed by atoms with E-state index in [0.29, 0.717) is 29.0 Å². The zero-order chi connectivity index (χ0) is 25.0. The summed E-state index contributed by atoms with van der Waals surface area (Å²) >= 11 is 0. The average molecular weight is 492 g/mol. The monoisotopic (exact) mass is 491 g/mol. The molecule has 1 atom stereocenters. The first kappa shape index (κ1) is 24.5. The summed E-state index contributed by atoms with van der Waals surface area (Å²) < 4.78 is 28.1. The zero-order valence-electron chi connectivity index (χ0n) is 19.8. The molecule has 2 N–H and O–H groups in total. The van der Waals surface area contributed by atoms with Gasteiger partial charge in [-0.2, -0.15) is 0 Å². The third-order valence-corrected chi connectivity index (χ3v) is 8.01. The highest BCUT2D eigenvalue weighted by Crippen LogP contribution is 2.31. The number of para-hydroxylation sites is 2. The van der Waals surface area contributed by atoms with Gasteiger partial charge in [-0.05, 0) is 74.2 Å². The van der Waals surface area contributed by atoms with Gasteiger partial charge in [0.15, 0.2) is 0 Å². The number of sulfonamides is 1. The van der Waals surface area contributed by atoms with Gasteiger partial charge < -0.3 is 10.6 Å². The van der Waals surface area contributed by atoms with Crippen molar-refractivity contribution in [3.05, 3.63) is 89.5 Å². The quantitative estimate of drug-likeness (QED) is 0.505. The second kappa shape index (κ2) is 10.3. The molecular weight excluding hydrogens is 462 g/mol. The maximum absolute atomic E-state index is 13.3. The Labute approximate surface area is 206 Å². The van der Waals surface area contributed by atoms with Crippen LogP contribution in [0.2, 0.25) is 0 Å². The molecule has 0 fully saturated rings. The molecule has 0 saturated heterocycles. The number of nitrogens with one attached hydrogen (secondary N) is 2. The Morgan fingerprint density at radius 2 is 1.63 bits per heavy atom. The lowest BCUT2D eigenvalue weighted by molar-refractivity contribution is 0.0940. The van der Waals surface area contributed by atoms with Crippen LogP contribution in [0.5, 0.6) is 0 Å². The van der Waals surface area contributed by atoms with Gasteiger partial charge in [0, 0.05) is 18.2 Å². The fourth-order valence-electron chi connectivity index (χ4n) is 4.04. The molecule has 8 heteroatoms. The Morgan fingerprint density at radius 3 is 2.37 bits per heavy atom. The van der Waals surface area contributed by atoms with Gasteiger partial charge in [-0.25, -0.2) is 8.42 Å². The molecule has 0 saturated carbocycles. The minimum atomic E-state index is -3.76. The van der Waals surface area contributed by atoms with Crippen LogP contribution in [0.1, 0.15) is 53.0 Å². The number of fused-ring (bicyclic) bond motifs is 1. The van der Waals surface area contributed by atoms with Gasteiger partial charge in [-0.1, -0.05) is 37.3 Å². The molecular formula is C27H29N3O4S. The third-order valence-electron chi connectivity index (χ3n) is 6.18. The molecule has 1 unspecified atom stereocenters. The highest BCUT2D eigenvalue weighted by molar-refractivity contribution is 7.92. The molecule has 35 heavy (non-hydrogen) atoms. The highest BCUT2D eigenvalue weighted by Gasteiger charge is 2.29. The van der Waals surface area contributed by atoms with Crippen LogP contribution in [-0.4, -0.2) is 32.8 Å². The molecule has 7 nitrogen and oxygen atoms in total. The van der Waals surface area contributed by atoms with E-state index in [4.69, 9.17) is 0 Å². The first-order chi connectivity index (χ1) is 16.8. The van der Waals surface area contributed by atoms with E-state index < -0.39 is 15.9 Å². The maximum Gasteiger partial charge on any atom is 0.264 e. The molecule has 0 aliphatic carbocycles. The molecule has 1 aliphatic heterocycles. The molecule has 4 rings (SSSR count). The predicted octanol–water partition coefficient (Wildman–Crippen LogP) is 4.61. The number of benzene rings is 3. The largest absolute Gasteiger partial charge is 0.350 e. The standard InChI is InChI=1S/C27H29N3O4S/c1-3-19(2)28-27(32)23-11-5-6-12-24(23)29-26(31)21-14-16-22(17-15-21)35(33,34)30-18-8-10-20-9-4-7-13-25(20)30/h4-7,9,11-17,19H,3,8,10,18H2,1-2H3,(H,28,32)(H,29,31). The first-order valence-electron chi connectivity index (χ1n) is 11.7. The highest BCUT2D eigenvalue weighted by atomic mass is 32.2. The van der Waals surface area contributed by atoms with Crippen molar-refractivity contribution in [2.45, 2.75) is 44.0 Å². The van der Waals surface area contributed by atoms with Gasteiger partial charge in [0.05, 0.1) is 21.8 Å². The number of aryl methyl sites for hydroxylation is 1. The van der Waals surface area contributed by atoms with Crippen molar-refractivity contribution in [2.75, 3.05) is 16.2 Å². The Kier molecular flexibility index (Phi) is 7.21. The third kappa shape index (κ3) is 5.22. The molecule has 1 heterocycles. The number of carbonyl (C=O) groups excluding carboxylic acids is 2. The summed E-state index contributed by atoms with van der Waals surface area (Å²) in [5.41, 5.74) is 2.76. The van der Waals surface area contributed by atoms with E-state index in [1.807, 2.05) is 38.1 Å². The van der Waals surface area contributed by atoms with E-state index in [0.717, 1.165) is 24.8 Å². The van der Waals surface area contributed by atoms with E-state index in [2.05, 4.69) is 10.6 Å². The number of rotatable bonds is 7. The van der Waals surface area contributed by atoms with Gasteiger partial charge in [0.1, 0.15) is 0 Å². The Hall–Kier alpha value is -3.65. The van der Waals surface area contributed by atoms with Crippen LogP contribution < -0.4 is 14.9 Å². The summed E-state index contributed by atoms with van der Waals surface area (Å²) in [4.78, 5) is 25.6. The SMILES string of the molecule is CCC(C)NC(=O)c1ccccc1NC(=O)c1ccc(S(=O)(=O)N2CCCc3ccccc32)cc1. The van der Waals surface area contributed by atoms with E-state index in [1.165, 1.54) is 28.6 Å². The van der Waals surface area contributed by atoms with Crippen LogP contribution in [0.4, 0.5) is 11.4 Å². The van der Waals surface area contributed by atoms with Crippen LogP contribution in [0, 0.1) is 0 Å². The number of nitrogens with zero attached hydrogens (tertiary/aromatic N) is 1. The summed E-state index contributed by atoms with van der Waals surface area (Å²) in [6.07, 6.45) is 2.39.